The quantitative estimate of drug-likeness (QED) is 0.876. The van der Waals surface area contributed by atoms with Crippen molar-refractivity contribution in [2.45, 2.75) is 19.4 Å². The van der Waals surface area contributed by atoms with Crippen molar-refractivity contribution in [3.05, 3.63) is 16.1 Å². The fraction of sp³-hybridized carbons (Fsp3) is 0.500. The Balaban J connectivity index is 2.68. The highest BCUT2D eigenvalue weighted by molar-refractivity contribution is 7.84. The Morgan fingerprint density at radius 1 is 1.53 bits per heavy atom. The summed E-state index contributed by atoms with van der Waals surface area (Å²) >= 11 is 11.8. The number of halogens is 2. The molecule has 0 aromatic carbocycles. The summed E-state index contributed by atoms with van der Waals surface area (Å²) in [6.45, 7) is 1.97. The lowest BCUT2D eigenvalue weighted by Gasteiger charge is -2.15. The van der Waals surface area contributed by atoms with Crippen LogP contribution in [0.25, 0.3) is 0 Å². The van der Waals surface area contributed by atoms with Crippen molar-refractivity contribution in [3.63, 3.8) is 0 Å². The normalized spacial score (nSPS) is 14.4. The van der Waals surface area contributed by atoms with Crippen LogP contribution in [0.5, 0.6) is 0 Å². The molecule has 1 heterocycles. The van der Waals surface area contributed by atoms with Gasteiger partial charge in [0.05, 0.1) is 10.0 Å². The highest BCUT2D eigenvalue weighted by Gasteiger charge is 2.10. The van der Waals surface area contributed by atoms with Gasteiger partial charge < -0.3 is 11.1 Å². The highest BCUT2D eigenvalue weighted by Crippen LogP contribution is 2.27. The van der Waals surface area contributed by atoms with Gasteiger partial charge in [0.1, 0.15) is 11.6 Å². The fourth-order valence-electron chi connectivity index (χ4n) is 1.23. The maximum absolute atomic E-state index is 11.0. The molecule has 7 heteroatoms. The zero-order valence-electron chi connectivity index (χ0n) is 9.67. The van der Waals surface area contributed by atoms with Gasteiger partial charge in [-0.15, -0.1) is 0 Å². The van der Waals surface area contributed by atoms with E-state index in [2.05, 4.69) is 10.3 Å². The topological polar surface area (TPSA) is 68.0 Å². The second kappa shape index (κ2) is 6.42. The molecule has 0 spiro atoms. The molecule has 1 aromatic rings. The molecular formula is C10H15Cl2N3OS. The second-order valence-electron chi connectivity index (χ2n) is 3.80. The third-order valence-electron chi connectivity index (χ3n) is 2.18. The van der Waals surface area contributed by atoms with Crippen LogP contribution in [0, 0.1) is 0 Å². The van der Waals surface area contributed by atoms with Crippen LogP contribution in [-0.4, -0.2) is 27.2 Å². The standard InChI is InChI=1S/C10H15Cl2N3OS/c1-6(3-4-17(2)16)14-10-8(12)5-7(11)9(13)15-10/h5-6H,3-4H2,1-2H3,(H3,13,14,15). The van der Waals surface area contributed by atoms with E-state index < -0.39 is 10.8 Å². The summed E-state index contributed by atoms with van der Waals surface area (Å²) in [5.41, 5.74) is 5.60. The lowest BCUT2D eigenvalue weighted by atomic mass is 10.2. The summed E-state index contributed by atoms with van der Waals surface area (Å²) in [6.07, 6.45) is 2.45. The Morgan fingerprint density at radius 3 is 2.76 bits per heavy atom. The molecule has 0 bridgehead atoms. The summed E-state index contributed by atoms with van der Waals surface area (Å²) in [4.78, 5) is 4.07. The average Bonchev–Trinajstić information content (AvgIpc) is 2.23. The van der Waals surface area contributed by atoms with E-state index in [9.17, 15) is 4.21 Å². The van der Waals surface area contributed by atoms with Crippen molar-refractivity contribution in [3.8, 4) is 0 Å². The number of rotatable bonds is 5. The first-order valence-corrected chi connectivity index (χ1v) is 7.56. The number of nitrogens with zero attached hydrogens (tertiary/aromatic N) is 1. The first-order valence-electron chi connectivity index (χ1n) is 5.08. The molecule has 2 atom stereocenters. The maximum atomic E-state index is 11.0. The van der Waals surface area contributed by atoms with Crippen LogP contribution in [0.15, 0.2) is 6.07 Å². The third kappa shape index (κ3) is 4.69. The molecule has 0 saturated heterocycles. The van der Waals surface area contributed by atoms with Gasteiger partial charge in [-0.1, -0.05) is 23.2 Å². The number of nitrogen functional groups attached to an aromatic ring is 1. The van der Waals surface area contributed by atoms with Gasteiger partial charge in [0.15, 0.2) is 0 Å². The van der Waals surface area contributed by atoms with E-state index in [1.807, 2.05) is 6.92 Å². The number of hydrogen-bond donors (Lipinski definition) is 2. The van der Waals surface area contributed by atoms with Crippen LogP contribution in [0.3, 0.4) is 0 Å². The summed E-state index contributed by atoms with van der Waals surface area (Å²) in [7, 11) is -0.797. The molecule has 0 aliphatic carbocycles. The molecule has 0 aliphatic rings. The summed E-state index contributed by atoms with van der Waals surface area (Å²) in [6, 6.07) is 1.67. The van der Waals surface area contributed by atoms with E-state index in [4.69, 9.17) is 28.9 Å². The minimum atomic E-state index is -0.797. The molecule has 1 rings (SSSR count). The molecule has 0 fully saturated rings. The molecule has 17 heavy (non-hydrogen) atoms. The van der Waals surface area contributed by atoms with Crippen molar-refractivity contribution in [1.29, 1.82) is 0 Å². The number of nitrogens with two attached hydrogens (primary N) is 1. The minimum absolute atomic E-state index is 0.115. The summed E-state index contributed by atoms with van der Waals surface area (Å²) in [5, 5.41) is 3.88. The van der Waals surface area contributed by atoms with Crippen LogP contribution in [0.1, 0.15) is 13.3 Å². The smallest absolute Gasteiger partial charge is 0.147 e. The molecule has 0 radical (unpaired) electrons. The molecule has 0 aliphatic heterocycles. The molecule has 0 amide bonds. The van der Waals surface area contributed by atoms with Crippen LogP contribution >= 0.6 is 23.2 Å². The Bertz CT molecular complexity index is 428. The third-order valence-corrected chi connectivity index (χ3v) is 3.58. The monoisotopic (exact) mass is 295 g/mol. The van der Waals surface area contributed by atoms with Gasteiger partial charge in [0.2, 0.25) is 0 Å². The SMILES string of the molecule is CC(CCS(C)=O)Nc1nc(N)c(Cl)cc1Cl. The highest BCUT2D eigenvalue weighted by atomic mass is 35.5. The lowest BCUT2D eigenvalue weighted by molar-refractivity contribution is 0.678. The zero-order valence-corrected chi connectivity index (χ0v) is 12.0. The molecule has 3 N–H and O–H groups in total. The predicted octanol–water partition coefficient (Wildman–Crippen LogP) is 2.54. The van der Waals surface area contributed by atoms with Crippen LogP contribution in [-0.2, 0) is 10.8 Å². The molecule has 1 aromatic heterocycles. The largest absolute Gasteiger partial charge is 0.382 e. The number of aromatic nitrogens is 1. The summed E-state index contributed by atoms with van der Waals surface area (Å²) in [5.74, 6) is 1.38. The predicted molar refractivity (Wildman–Crippen MR) is 75.3 cm³/mol. The van der Waals surface area contributed by atoms with Gasteiger partial charge in [-0.2, -0.15) is 0 Å². The van der Waals surface area contributed by atoms with Gasteiger partial charge in [-0.3, -0.25) is 4.21 Å². The summed E-state index contributed by atoms with van der Waals surface area (Å²) < 4.78 is 11.0. The van der Waals surface area contributed by atoms with Gasteiger partial charge >= 0.3 is 0 Å². The number of nitrogens with one attached hydrogen (secondary N) is 1. The van der Waals surface area contributed by atoms with E-state index >= 15 is 0 Å². The second-order valence-corrected chi connectivity index (χ2v) is 6.17. The Kier molecular flexibility index (Phi) is 5.49. The van der Waals surface area contributed by atoms with Crippen molar-refractivity contribution in [1.82, 2.24) is 4.98 Å². The van der Waals surface area contributed by atoms with Gasteiger partial charge in [0, 0.05) is 28.9 Å². The maximum Gasteiger partial charge on any atom is 0.147 e. The van der Waals surface area contributed by atoms with E-state index in [0.29, 0.717) is 21.6 Å². The number of pyridine rings is 1. The van der Waals surface area contributed by atoms with Gasteiger partial charge in [-0.25, -0.2) is 4.98 Å². The number of anilines is 2. The zero-order chi connectivity index (χ0) is 13.0. The van der Waals surface area contributed by atoms with Crippen molar-refractivity contribution < 1.29 is 4.21 Å². The molecule has 4 nitrogen and oxygen atoms in total. The van der Waals surface area contributed by atoms with E-state index in [1.165, 1.54) is 0 Å². The molecule has 0 saturated carbocycles. The lowest BCUT2D eigenvalue weighted by Crippen LogP contribution is -2.19. The van der Waals surface area contributed by atoms with Gasteiger partial charge in [0.25, 0.3) is 0 Å². The Labute approximate surface area is 113 Å². The average molecular weight is 296 g/mol. The molecule has 96 valence electrons. The van der Waals surface area contributed by atoms with E-state index in [-0.39, 0.29) is 11.9 Å². The van der Waals surface area contributed by atoms with Crippen LogP contribution in [0.4, 0.5) is 11.6 Å². The molecular weight excluding hydrogens is 281 g/mol. The minimum Gasteiger partial charge on any atom is -0.382 e. The first-order chi connectivity index (χ1) is 7.90. The first kappa shape index (κ1) is 14.5. The van der Waals surface area contributed by atoms with Crippen molar-refractivity contribution in [2.75, 3.05) is 23.1 Å². The van der Waals surface area contributed by atoms with Crippen LogP contribution < -0.4 is 11.1 Å². The Morgan fingerprint density at radius 2 is 2.18 bits per heavy atom. The van der Waals surface area contributed by atoms with Crippen LogP contribution in [0.2, 0.25) is 10.0 Å². The number of hydrogen-bond acceptors (Lipinski definition) is 4. The van der Waals surface area contributed by atoms with E-state index in [0.717, 1.165) is 6.42 Å². The molecule has 2 unspecified atom stereocenters. The Hall–Kier alpha value is -0.520. The van der Waals surface area contributed by atoms with Crippen molar-refractivity contribution >= 4 is 45.6 Å². The van der Waals surface area contributed by atoms with E-state index in [1.54, 1.807) is 12.3 Å². The van der Waals surface area contributed by atoms with Gasteiger partial charge in [-0.05, 0) is 19.4 Å². The fourth-order valence-corrected chi connectivity index (χ4v) is 2.33. The van der Waals surface area contributed by atoms with Crippen molar-refractivity contribution in [2.24, 2.45) is 0 Å².